The Morgan fingerprint density at radius 2 is 1.94 bits per heavy atom. The van der Waals surface area contributed by atoms with Crippen LogP contribution >= 0.6 is 0 Å². The molecule has 3 aromatic rings. The number of pyridine rings is 1. The Labute approximate surface area is 192 Å². The van der Waals surface area contributed by atoms with Crippen LogP contribution < -0.4 is 15.2 Å². The predicted molar refractivity (Wildman–Crippen MR) is 126 cm³/mol. The maximum absolute atomic E-state index is 12.2. The van der Waals surface area contributed by atoms with Crippen molar-refractivity contribution in [2.24, 2.45) is 0 Å². The molecule has 0 bridgehead atoms. The minimum Gasteiger partial charge on any atom is -0.493 e. The van der Waals surface area contributed by atoms with E-state index in [1.54, 1.807) is 12.3 Å². The van der Waals surface area contributed by atoms with Gasteiger partial charge in [0.25, 0.3) is 5.56 Å². The molecule has 0 aliphatic carbocycles. The van der Waals surface area contributed by atoms with E-state index in [1.807, 2.05) is 32.0 Å². The van der Waals surface area contributed by atoms with E-state index in [9.17, 15) is 9.59 Å². The number of ether oxygens (including phenoxy) is 2. The summed E-state index contributed by atoms with van der Waals surface area (Å²) in [5.74, 6) is 0.367. The fourth-order valence-corrected chi connectivity index (χ4v) is 4.05. The van der Waals surface area contributed by atoms with Gasteiger partial charge < -0.3 is 19.4 Å². The summed E-state index contributed by atoms with van der Waals surface area (Å²) in [6.07, 6.45) is 2.30. The summed E-state index contributed by atoms with van der Waals surface area (Å²) in [6, 6.07) is 7.50. The summed E-state index contributed by atoms with van der Waals surface area (Å²) < 4.78 is 10.6. The Kier molecular flexibility index (Phi) is 6.88. The van der Waals surface area contributed by atoms with Crippen LogP contribution in [0, 0.1) is 0 Å². The molecule has 1 fully saturated rings. The molecule has 2 aromatic heterocycles. The average Bonchev–Trinajstić information content (AvgIpc) is 2.84. The molecule has 4 rings (SSSR count). The van der Waals surface area contributed by atoms with E-state index in [0.29, 0.717) is 24.4 Å². The van der Waals surface area contributed by atoms with E-state index in [-0.39, 0.29) is 5.56 Å². The van der Waals surface area contributed by atoms with Gasteiger partial charge in [-0.15, -0.1) is 0 Å². The summed E-state index contributed by atoms with van der Waals surface area (Å²) in [7, 11) is 1.35. The Balaban J connectivity index is 1.47. The first-order valence-corrected chi connectivity index (χ1v) is 11.2. The van der Waals surface area contributed by atoms with Gasteiger partial charge in [0.2, 0.25) is 0 Å². The number of carbonyl (C=O) groups excluding carboxylic acids is 1. The number of aromatic nitrogens is 3. The summed E-state index contributed by atoms with van der Waals surface area (Å²) in [4.78, 5) is 40.1. The molecule has 9 heteroatoms. The molecule has 0 amide bonds. The van der Waals surface area contributed by atoms with Crippen LogP contribution in [0.4, 0.5) is 5.69 Å². The highest BCUT2D eigenvalue weighted by Crippen LogP contribution is 2.26. The molecule has 1 aliphatic heterocycles. The number of aromatic amines is 1. The normalized spacial score (nSPS) is 14.5. The smallest absolute Gasteiger partial charge is 0.356 e. The Hall–Kier alpha value is -3.46. The van der Waals surface area contributed by atoms with Gasteiger partial charge in [-0.2, -0.15) is 0 Å². The molecule has 9 nitrogen and oxygen atoms in total. The monoisotopic (exact) mass is 451 g/mol. The van der Waals surface area contributed by atoms with Crippen molar-refractivity contribution in [3.05, 3.63) is 57.8 Å². The number of piperazine rings is 1. The van der Waals surface area contributed by atoms with Crippen molar-refractivity contribution in [2.75, 3.05) is 44.8 Å². The zero-order valence-corrected chi connectivity index (χ0v) is 19.3. The van der Waals surface area contributed by atoms with Crippen molar-refractivity contribution in [2.45, 2.75) is 26.8 Å². The third-order valence-electron chi connectivity index (χ3n) is 5.85. The molecule has 1 saturated heterocycles. The molecular formula is C24H29N5O4. The van der Waals surface area contributed by atoms with Crippen molar-refractivity contribution in [3.8, 4) is 5.75 Å². The van der Waals surface area contributed by atoms with E-state index in [2.05, 4.69) is 24.8 Å². The molecule has 0 atom stereocenters. The summed E-state index contributed by atoms with van der Waals surface area (Å²) >= 11 is 0. The molecule has 3 heterocycles. The van der Waals surface area contributed by atoms with Gasteiger partial charge in [0.1, 0.15) is 17.1 Å². The Bertz CT molecular complexity index is 1180. The zero-order chi connectivity index (χ0) is 23.4. The number of methoxy groups -OCH3 is 1. The number of anilines is 1. The van der Waals surface area contributed by atoms with Crippen LogP contribution in [-0.4, -0.2) is 65.7 Å². The van der Waals surface area contributed by atoms with Gasteiger partial charge in [-0.1, -0.05) is 6.92 Å². The van der Waals surface area contributed by atoms with Gasteiger partial charge in [-0.3, -0.25) is 9.69 Å². The highest BCUT2D eigenvalue weighted by atomic mass is 16.5. The lowest BCUT2D eigenvalue weighted by Gasteiger charge is -2.36. The minimum atomic E-state index is -0.436. The van der Waals surface area contributed by atoms with Crippen molar-refractivity contribution >= 4 is 22.7 Å². The first-order chi connectivity index (χ1) is 16.0. The van der Waals surface area contributed by atoms with Crippen LogP contribution in [0.1, 0.15) is 35.6 Å². The fraction of sp³-hybridized carbons (Fsp3) is 0.417. The Morgan fingerprint density at radius 1 is 1.15 bits per heavy atom. The van der Waals surface area contributed by atoms with E-state index in [1.165, 1.54) is 7.11 Å². The molecule has 0 spiro atoms. The molecule has 1 N–H and O–H groups in total. The highest BCUT2D eigenvalue weighted by Gasteiger charge is 2.20. The van der Waals surface area contributed by atoms with E-state index in [0.717, 1.165) is 60.8 Å². The fourth-order valence-electron chi connectivity index (χ4n) is 4.05. The van der Waals surface area contributed by atoms with Crippen molar-refractivity contribution in [1.29, 1.82) is 0 Å². The highest BCUT2D eigenvalue weighted by molar-refractivity contribution is 5.87. The number of hydrogen-bond acceptors (Lipinski definition) is 8. The molecule has 0 saturated carbocycles. The maximum atomic E-state index is 12.2. The number of carbonyl (C=O) groups is 1. The average molecular weight is 452 g/mol. The lowest BCUT2D eigenvalue weighted by Crippen LogP contribution is -2.46. The second-order valence-corrected chi connectivity index (χ2v) is 7.93. The summed E-state index contributed by atoms with van der Waals surface area (Å²) in [6.45, 7) is 8.58. The molecule has 1 aliphatic rings. The molecule has 0 unspecified atom stereocenters. The number of benzene rings is 1. The van der Waals surface area contributed by atoms with Crippen molar-refractivity contribution < 1.29 is 14.3 Å². The van der Waals surface area contributed by atoms with Crippen LogP contribution in [0.2, 0.25) is 0 Å². The first kappa shape index (κ1) is 22.7. The van der Waals surface area contributed by atoms with E-state index in [4.69, 9.17) is 9.47 Å². The van der Waals surface area contributed by atoms with Crippen molar-refractivity contribution in [1.82, 2.24) is 19.9 Å². The topological polar surface area (TPSA) is 101 Å². The number of fused-ring (bicyclic) bond motifs is 1. The lowest BCUT2D eigenvalue weighted by atomic mass is 10.1. The van der Waals surface area contributed by atoms with Crippen LogP contribution in [0.3, 0.4) is 0 Å². The van der Waals surface area contributed by atoms with E-state index >= 15 is 0 Å². The standard InChI is InChI=1S/C24H29N5O4/c1-4-18-23(30)27-20-12-16(22(33-5-2)13-21(20)26-18)15-28-8-10-29(11-9-28)17-6-7-19(25-14-17)24(31)32-3/h6-7,12-14H,4-5,8-11,15H2,1-3H3,(H,27,30). The third-order valence-corrected chi connectivity index (χ3v) is 5.85. The second-order valence-electron chi connectivity index (χ2n) is 7.93. The maximum Gasteiger partial charge on any atom is 0.356 e. The molecule has 0 radical (unpaired) electrons. The quantitative estimate of drug-likeness (QED) is 0.547. The predicted octanol–water partition coefficient (Wildman–Crippen LogP) is 2.39. The van der Waals surface area contributed by atoms with Gasteiger partial charge >= 0.3 is 5.97 Å². The summed E-state index contributed by atoms with van der Waals surface area (Å²) in [5, 5.41) is 0. The minimum absolute atomic E-state index is 0.138. The molecule has 1 aromatic carbocycles. The van der Waals surface area contributed by atoms with Gasteiger partial charge in [0.05, 0.1) is 36.6 Å². The number of aryl methyl sites for hydroxylation is 1. The van der Waals surface area contributed by atoms with Crippen LogP contribution in [0.15, 0.2) is 35.3 Å². The molecular weight excluding hydrogens is 422 g/mol. The van der Waals surface area contributed by atoms with Gasteiger partial charge in [-0.05, 0) is 31.5 Å². The zero-order valence-electron chi connectivity index (χ0n) is 19.3. The van der Waals surface area contributed by atoms with E-state index < -0.39 is 5.97 Å². The number of esters is 1. The summed E-state index contributed by atoms with van der Waals surface area (Å²) in [5.41, 5.74) is 4.18. The lowest BCUT2D eigenvalue weighted by molar-refractivity contribution is 0.0594. The number of nitrogens with one attached hydrogen (secondary N) is 1. The van der Waals surface area contributed by atoms with Crippen LogP contribution in [-0.2, 0) is 17.7 Å². The van der Waals surface area contributed by atoms with Gasteiger partial charge in [-0.25, -0.2) is 14.8 Å². The number of H-pyrrole nitrogens is 1. The first-order valence-electron chi connectivity index (χ1n) is 11.2. The number of nitrogens with zero attached hydrogens (tertiary/aromatic N) is 4. The SMILES string of the molecule is CCOc1cc2nc(CC)c(=O)[nH]c2cc1CN1CCN(c2ccc(C(=O)OC)nc2)CC1. The van der Waals surface area contributed by atoms with Gasteiger partial charge in [0, 0.05) is 44.4 Å². The third kappa shape index (κ3) is 4.98. The van der Waals surface area contributed by atoms with Crippen LogP contribution in [0.5, 0.6) is 5.75 Å². The van der Waals surface area contributed by atoms with Gasteiger partial charge in [0.15, 0.2) is 0 Å². The second kappa shape index (κ2) is 9.99. The molecule has 174 valence electrons. The number of rotatable bonds is 7. The largest absolute Gasteiger partial charge is 0.493 e. The Morgan fingerprint density at radius 3 is 2.58 bits per heavy atom. The number of hydrogen-bond donors (Lipinski definition) is 1. The van der Waals surface area contributed by atoms with Crippen LogP contribution in [0.25, 0.3) is 11.0 Å². The molecule has 33 heavy (non-hydrogen) atoms. The van der Waals surface area contributed by atoms with Crippen molar-refractivity contribution in [3.63, 3.8) is 0 Å².